The molecule has 18 heavy (non-hydrogen) atoms. The molecule has 0 aliphatic carbocycles. The highest BCUT2D eigenvalue weighted by Crippen LogP contribution is 2.30. The van der Waals surface area contributed by atoms with Crippen molar-refractivity contribution in [2.75, 3.05) is 0 Å². The van der Waals surface area contributed by atoms with Crippen LogP contribution >= 0.6 is 15.9 Å². The predicted octanol–water partition coefficient (Wildman–Crippen LogP) is 4.29. The second kappa shape index (κ2) is 5.21. The molecule has 2 rings (SSSR count). The molecule has 3 heteroatoms. The molecule has 1 nitrogen and oxygen atoms in total. The lowest BCUT2D eigenvalue weighted by Gasteiger charge is -2.15. The molecule has 0 aromatic heterocycles. The number of aliphatic hydroxyl groups excluding tert-OH is 1. The van der Waals surface area contributed by atoms with Crippen molar-refractivity contribution in [1.82, 2.24) is 0 Å². The van der Waals surface area contributed by atoms with E-state index >= 15 is 0 Å². The monoisotopic (exact) mass is 308 g/mol. The predicted molar refractivity (Wildman–Crippen MR) is 74.1 cm³/mol. The van der Waals surface area contributed by atoms with Gasteiger partial charge in [-0.3, -0.25) is 0 Å². The summed E-state index contributed by atoms with van der Waals surface area (Å²) in [5, 5.41) is 10.4. The van der Waals surface area contributed by atoms with Crippen molar-refractivity contribution in [3.8, 4) is 0 Å². The first-order valence-electron chi connectivity index (χ1n) is 5.70. The van der Waals surface area contributed by atoms with Crippen molar-refractivity contribution < 1.29 is 9.50 Å². The van der Waals surface area contributed by atoms with Crippen molar-refractivity contribution in [3.63, 3.8) is 0 Å². The quantitative estimate of drug-likeness (QED) is 0.877. The van der Waals surface area contributed by atoms with E-state index in [2.05, 4.69) is 15.9 Å². The summed E-state index contributed by atoms with van der Waals surface area (Å²) >= 11 is 3.41. The Morgan fingerprint density at radius 1 is 1.11 bits per heavy atom. The van der Waals surface area contributed by atoms with Crippen LogP contribution in [0, 0.1) is 19.7 Å². The molecule has 94 valence electrons. The molecule has 0 radical (unpaired) electrons. The van der Waals surface area contributed by atoms with Crippen LogP contribution in [-0.2, 0) is 0 Å². The third-order valence-corrected chi connectivity index (χ3v) is 3.70. The lowest BCUT2D eigenvalue weighted by atomic mass is 9.97. The fourth-order valence-corrected chi connectivity index (χ4v) is 2.52. The van der Waals surface area contributed by atoms with Gasteiger partial charge in [-0.25, -0.2) is 4.39 Å². The number of halogens is 2. The van der Waals surface area contributed by atoms with Crippen LogP contribution in [0.4, 0.5) is 4.39 Å². The van der Waals surface area contributed by atoms with Crippen LogP contribution in [0.15, 0.2) is 40.9 Å². The Morgan fingerprint density at radius 3 is 2.22 bits per heavy atom. The lowest BCUT2D eigenvalue weighted by Crippen LogP contribution is -2.03. The van der Waals surface area contributed by atoms with Gasteiger partial charge in [-0.15, -0.1) is 0 Å². The van der Waals surface area contributed by atoms with E-state index in [1.807, 2.05) is 24.3 Å². The van der Waals surface area contributed by atoms with Crippen LogP contribution < -0.4 is 0 Å². The summed E-state index contributed by atoms with van der Waals surface area (Å²) in [7, 11) is 0. The molecule has 0 aliphatic heterocycles. The molecule has 0 spiro atoms. The zero-order valence-electron chi connectivity index (χ0n) is 10.2. The maximum atomic E-state index is 13.6. The SMILES string of the molecule is Cc1cc(C(O)c2ccccc2Br)cc(C)c1F. The smallest absolute Gasteiger partial charge is 0.129 e. The zero-order chi connectivity index (χ0) is 13.3. The highest BCUT2D eigenvalue weighted by molar-refractivity contribution is 9.10. The van der Waals surface area contributed by atoms with Gasteiger partial charge in [0.1, 0.15) is 11.9 Å². The molecule has 1 unspecified atom stereocenters. The average molecular weight is 309 g/mol. The molecular formula is C15H14BrFO. The molecule has 0 aliphatic rings. The summed E-state index contributed by atoms with van der Waals surface area (Å²) in [4.78, 5) is 0. The van der Waals surface area contributed by atoms with E-state index in [1.54, 1.807) is 26.0 Å². The minimum Gasteiger partial charge on any atom is -0.384 e. The summed E-state index contributed by atoms with van der Waals surface area (Å²) < 4.78 is 14.4. The Labute approximate surface area is 114 Å². The van der Waals surface area contributed by atoms with Gasteiger partial charge >= 0.3 is 0 Å². The largest absolute Gasteiger partial charge is 0.384 e. The Kier molecular flexibility index (Phi) is 3.83. The number of hydrogen-bond donors (Lipinski definition) is 1. The van der Waals surface area contributed by atoms with Gasteiger partial charge in [0.2, 0.25) is 0 Å². The standard InChI is InChI=1S/C15H14BrFO/c1-9-7-11(8-10(2)14(9)17)15(18)12-5-3-4-6-13(12)16/h3-8,15,18H,1-2H3. The first-order valence-corrected chi connectivity index (χ1v) is 6.49. The maximum absolute atomic E-state index is 13.6. The average Bonchev–Trinajstić information content (AvgIpc) is 2.35. The van der Waals surface area contributed by atoms with Crippen LogP contribution in [0.3, 0.4) is 0 Å². The molecule has 1 N–H and O–H groups in total. The first kappa shape index (κ1) is 13.2. The van der Waals surface area contributed by atoms with Crippen LogP contribution in [0.5, 0.6) is 0 Å². The molecule has 0 saturated carbocycles. The van der Waals surface area contributed by atoms with Gasteiger partial charge in [-0.05, 0) is 42.2 Å². The minimum atomic E-state index is -0.751. The summed E-state index contributed by atoms with van der Waals surface area (Å²) in [6, 6.07) is 10.9. The fourth-order valence-electron chi connectivity index (χ4n) is 2.01. The van der Waals surface area contributed by atoms with Crippen molar-refractivity contribution >= 4 is 15.9 Å². The topological polar surface area (TPSA) is 20.2 Å². The van der Waals surface area contributed by atoms with Gasteiger partial charge in [0.15, 0.2) is 0 Å². The first-order chi connectivity index (χ1) is 8.50. The van der Waals surface area contributed by atoms with E-state index in [4.69, 9.17) is 0 Å². The number of aryl methyl sites for hydroxylation is 2. The highest BCUT2D eigenvalue weighted by atomic mass is 79.9. The third kappa shape index (κ3) is 2.47. The Balaban J connectivity index is 2.47. The summed E-state index contributed by atoms with van der Waals surface area (Å²) in [6.45, 7) is 3.41. The molecule has 0 heterocycles. The molecule has 2 aromatic rings. The van der Waals surface area contributed by atoms with Crippen LogP contribution in [0.2, 0.25) is 0 Å². The normalized spacial score (nSPS) is 12.5. The Morgan fingerprint density at radius 2 is 1.67 bits per heavy atom. The summed E-state index contributed by atoms with van der Waals surface area (Å²) in [5.74, 6) is -0.210. The van der Waals surface area contributed by atoms with Crippen molar-refractivity contribution in [2.24, 2.45) is 0 Å². The van der Waals surface area contributed by atoms with E-state index in [0.717, 1.165) is 10.0 Å². The van der Waals surface area contributed by atoms with Gasteiger partial charge in [0.25, 0.3) is 0 Å². The number of rotatable bonds is 2. The van der Waals surface area contributed by atoms with Crippen LogP contribution in [0.25, 0.3) is 0 Å². The maximum Gasteiger partial charge on any atom is 0.129 e. The zero-order valence-corrected chi connectivity index (χ0v) is 11.8. The number of hydrogen-bond acceptors (Lipinski definition) is 1. The molecule has 0 bridgehead atoms. The van der Waals surface area contributed by atoms with Crippen molar-refractivity contribution in [1.29, 1.82) is 0 Å². The number of benzene rings is 2. The second-order valence-electron chi connectivity index (χ2n) is 4.39. The second-order valence-corrected chi connectivity index (χ2v) is 5.25. The van der Waals surface area contributed by atoms with Gasteiger partial charge in [-0.1, -0.05) is 46.3 Å². The van der Waals surface area contributed by atoms with Gasteiger partial charge in [0.05, 0.1) is 0 Å². The van der Waals surface area contributed by atoms with E-state index in [0.29, 0.717) is 16.7 Å². The lowest BCUT2D eigenvalue weighted by molar-refractivity contribution is 0.219. The molecule has 2 aromatic carbocycles. The highest BCUT2D eigenvalue weighted by Gasteiger charge is 2.15. The Bertz CT molecular complexity index is 557. The minimum absolute atomic E-state index is 0.210. The van der Waals surface area contributed by atoms with Gasteiger partial charge in [-0.2, -0.15) is 0 Å². The van der Waals surface area contributed by atoms with E-state index in [1.165, 1.54) is 0 Å². The van der Waals surface area contributed by atoms with E-state index < -0.39 is 6.10 Å². The number of aliphatic hydroxyl groups is 1. The summed E-state index contributed by atoms with van der Waals surface area (Å²) in [6.07, 6.45) is -0.751. The van der Waals surface area contributed by atoms with Gasteiger partial charge in [0, 0.05) is 4.47 Å². The van der Waals surface area contributed by atoms with Gasteiger partial charge < -0.3 is 5.11 Å². The molecule has 1 atom stereocenters. The van der Waals surface area contributed by atoms with E-state index in [-0.39, 0.29) is 5.82 Å². The third-order valence-electron chi connectivity index (χ3n) is 2.97. The molecule has 0 amide bonds. The van der Waals surface area contributed by atoms with Crippen molar-refractivity contribution in [3.05, 3.63) is 68.9 Å². The summed E-state index contributed by atoms with van der Waals surface area (Å²) in [5.41, 5.74) is 2.59. The Hall–Kier alpha value is -1.19. The molecular weight excluding hydrogens is 295 g/mol. The molecule has 0 saturated heterocycles. The molecule has 0 fully saturated rings. The fraction of sp³-hybridized carbons (Fsp3) is 0.200. The van der Waals surface area contributed by atoms with Crippen molar-refractivity contribution in [2.45, 2.75) is 20.0 Å². The van der Waals surface area contributed by atoms with E-state index in [9.17, 15) is 9.50 Å². The van der Waals surface area contributed by atoms with Crippen LogP contribution in [-0.4, -0.2) is 5.11 Å². The van der Waals surface area contributed by atoms with Crippen LogP contribution in [0.1, 0.15) is 28.4 Å².